The van der Waals surface area contributed by atoms with Gasteiger partial charge < -0.3 is 14.2 Å². The summed E-state index contributed by atoms with van der Waals surface area (Å²) in [4.78, 5) is 22.0. The highest BCUT2D eigenvalue weighted by molar-refractivity contribution is 8.13. The summed E-state index contributed by atoms with van der Waals surface area (Å²) >= 11 is 1.12. The second-order valence-electron chi connectivity index (χ2n) is 4.69. The van der Waals surface area contributed by atoms with Gasteiger partial charge in [-0.3, -0.25) is 4.79 Å². The van der Waals surface area contributed by atoms with Crippen molar-refractivity contribution in [1.29, 1.82) is 0 Å². The highest BCUT2D eigenvalue weighted by Gasteiger charge is 2.16. The van der Waals surface area contributed by atoms with Gasteiger partial charge in [0.15, 0.2) is 5.12 Å². The van der Waals surface area contributed by atoms with Crippen LogP contribution in [0, 0.1) is 0 Å². The van der Waals surface area contributed by atoms with Crippen molar-refractivity contribution in [2.24, 2.45) is 0 Å². The van der Waals surface area contributed by atoms with E-state index in [1.807, 2.05) is 0 Å². The predicted octanol–water partition coefficient (Wildman–Crippen LogP) is 1.99. The third-order valence-corrected chi connectivity index (χ3v) is 2.35. The maximum absolute atomic E-state index is 11.3. The zero-order valence-electron chi connectivity index (χ0n) is 11.6. The SMILES string of the molecule is CC(=O)S[C@@H](C)OCCOCC(=O)OC(C)(C)C. The van der Waals surface area contributed by atoms with Crippen LogP contribution in [0.3, 0.4) is 0 Å². The Bertz CT molecular complexity index is 272. The zero-order valence-corrected chi connectivity index (χ0v) is 12.5. The lowest BCUT2D eigenvalue weighted by atomic mass is 10.2. The molecule has 0 aliphatic rings. The van der Waals surface area contributed by atoms with Crippen molar-refractivity contribution in [2.75, 3.05) is 19.8 Å². The summed E-state index contributed by atoms with van der Waals surface area (Å²) in [5.74, 6) is -0.395. The molecule has 0 heterocycles. The number of hydrogen-bond donors (Lipinski definition) is 0. The Balaban J connectivity index is 3.51. The Labute approximate surface area is 113 Å². The molecule has 0 aromatic carbocycles. The minimum atomic E-state index is -0.496. The summed E-state index contributed by atoms with van der Waals surface area (Å²) in [6, 6.07) is 0. The molecule has 0 aromatic heterocycles. The Kier molecular flexibility index (Phi) is 8.22. The van der Waals surface area contributed by atoms with Gasteiger partial charge in [-0.15, -0.1) is 0 Å². The quantitative estimate of drug-likeness (QED) is 0.403. The number of carbonyl (C=O) groups is 2. The van der Waals surface area contributed by atoms with Crippen molar-refractivity contribution >= 4 is 22.8 Å². The first kappa shape index (κ1) is 17.4. The molecule has 106 valence electrons. The Morgan fingerprint density at radius 1 is 1.22 bits per heavy atom. The number of carbonyl (C=O) groups excluding carboxylic acids is 2. The summed E-state index contributed by atoms with van der Waals surface area (Å²) in [5, 5.41) is 0.0113. The van der Waals surface area contributed by atoms with Gasteiger partial charge in [-0.25, -0.2) is 4.79 Å². The van der Waals surface area contributed by atoms with E-state index in [1.165, 1.54) is 6.92 Å². The van der Waals surface area contributed by atoms with E-state index in [-0.39, 0.29) is 17.2 Å². The van der Waals surface area contributed by atoms with Crippen LogP contribution >= 0.6 is 11.8 Å². The summed E-state index contributed by atoms with van der Waals surface area (Å²) in [6.07, 6.45) is 0. The highest BCUT2D eigenvalue weighted by Crippen LogP contribution is 2.11. The molecular formula is C12H22O5S. The standard InChI is InChI=1S/C12H22O5S/c1-9(13)18-10(2)16-7-6-15-8-11(14)17-12(3,4)5/h10H,6-8H2,1-5H3/t10-/m0/s1. The molecule has 0 fully saturated rings. The Hall–Kier alpha value is -0.590. The third kappa shape index (κ3) is 11.9. The molecule has 0 amide bonds. The highest BCUT2D eigenvalue weighted by atomic mass is 32.2. The fourth-order valence-corrected chi connectivity index (χ4v) is 1.70. The Morgan fingerprint density at radius 3 is 2.33 bits per heavy atom. The summed E-state index contributed by atoms with van der Waals surface area (Å²) in [7, 11) is 0. The van der Waals surface area contributed by atoms with Gasteiger partial charge in [0.25, 0.3) is 0 Å². The molecule has 1 atom stereocenters. The van der Waals surface area contributed by atoms with Crippen LogP contribution in [0.1, 0.15) is 34.6 Å². The van der Waals surface area contributed by atoms with Gasteiger partial charge in [0.05, 0.1) is 13.2 Å². The smallest absolute Gasteiger partial charge is 0.332 e. The molecule has 5 nitrogen and oxygen atoms in total. The predicted molar refractivity (Wildman–Crippen MR) is 70.4 cm³/mol. The fourth-order valence-electron chi connectivity index (χ4n) is 1.07. The third-order valence-electron chi connectivity index (χ3n) is 1.55. The normalized spacial score (nSPS) is 13.2. The lowest BCUT2D eigenvalue weighted by Crippen LogP contribution is -2.27. The minimum Gasteiger partial charge on any atom is -0.458 e. The molecule has 0 aliphatic carbocycles. The van der Waals surface area contributed by atoms with Crippen LogP contribution in [-0.2, 0) is 23.8 Å². The van der Waals surface area contributed by atoms with E-state index in [2.05, 4.69) is 0 Å². The van der Waals surface area contributed by atoms with Crippen molar-refractivity contribution in [3.8, 4) is 0 Å². The van der Waals surface area contributed by atoms with Gasteiger partial charge in [-0.2, -0.15) is 0 Å². The maximum Gasteiger partial charge on any atom is 0.332 e. The second kappa shape index (κ2) is 8.50. The zero-order chi connectivity index (χ0) is 14.2. The molecule has 0 unspecified atom stereocenters. The minimum absolute atomic E-state index is 0.0113. The van der Waals surface area contributed by atoms with E-state index in [1.54, 1.807) is 27.7 Å². The molecule has 6 heteroatoms. The Morgan fingerprint density at radius 2 is 1.83 bits per heavy atom. The largest absolute Gasteiger partial charge is 0.458 e. The van der Waals surface area contributed by atoms with Crippen molar-refractivity contribution < 1.29 is 23.8 Å². The van der Waals surface area contributed by atoms with Crippen LogP contribution in [0.15, 0.2) is 0 Å². The first-order valence-electron chi connectivity index (χ1n) is 5.79. The molecule has 0 radical (unpaired) electrons. The van der Waals surface area contributed by atoms with E-state index in [9.17, 15) is 9.59 Å². The molecular weight excluding hydrogens is 256 g/mol. The van der Waals surface area contributed by atoms with Crippen molar-refractivity contribution in [3.63, 3.8) is 0 Å². The first-order chi connectivity index (χ1) is 8.20. The molecule has 0 rings (SSSR count). The number of hydrogen-bond acceptors (Lipinski definition) is 6. The topological polar surface area (TPSA) is 61.8 Å². The summed E-state index contributed by atoms with van der Waals surface area (Å²) < 4.78 is 15.5. The van der Waals surface area contributed by atoms with Gasteiger partial charge in [-0.1, -0.05) is 11.8 Å². The lowest BCUT2D eigenvalue weighted by molar-refractivity contribution is -0.160. The van der Waals surface area contributed by atoms with E-state index in [0.29, 0.717) is 13.2 Å². The van der Waals surface area contributed by atoms with Gasteiger partial charge >= 0.3 is 5.97 Å². The monoisotopic (exact) mass is 278 g/mol. The summed E-state index contributed by atoms with van der Waals surface area (Å²) in [5.41, 5.74) is -0.698. The van der Waals surface area contributed by atoms with Crippen LogP contribution in [-0.4, -0.2) is 41.9 Å². The van der Waals surface area contributed by atoms with Crippen molar-refractivity contribution in [2.45, 2.75) is 45.7 Å². The van der Waals surface area contributed by atoms with Crippen LogP contribution in [0.4, 0.5) is 0 Å². The van der Waals surface area contributed by atoms with Gasteiger partial charge in [0, 0.05) is 6.92 Å². The van der Waals surface area contributed by atoms with Crippen molar-refractivity contribution in [1.82, 2.24) is 0 Å². The molecule has 0 N–H and O–H groups in total. The van der Waals surface area contributed by atoms with Crippen LogP contribution in [0.25, 0.3) is 0 Å². The summed E-state index contributed by atoms with van der Waals surface area (Å²) in [6.45, 7) is 9.22. The van der Waals surface area contributed by atoms with E-state index in [4.69, 9.17) is 14.2 Å². The van der Waals surface area contributed by atoms with E-state index in [0.717, 1.165) is 11.8 Å². The first-order valence-corrected chi connectivity index (χ1v) is 6.67. The number of ether oxygens (including phenoxy) is 3. The average molecular weight is 278 g/mol. The molecule has 18 heavy (non-hydrogen) atoms. The van der Waals surface area contributed by atoms with Gasteiger partial charge in [-0.05, 0) is 27.7 Å². The van der Waals surface area contributed by atoms with Crippen LogP contribution in [0.2, 0.25) is 0 Å². The van der Waals surface area contributed by atoms with E-state index < -0.39 is 11.6 Å². The molecule has 0 aliphatic heterocycles. The van der Waals surface area contributed by atoms with Crippen LogP contribution < -0.4 is 0 Å². The average Bonchev–Trinajstić information content (AvgIpc) is 2.12. The van der Waals surface area contributed by atoms with Gasteiger partial charge in [0.1, 0.15) is 17.6 Å². The number of esters is 1. The fraction of sp³-hybridized carbons (Fsp3) is 0.833. The molecule has 0 saturated heterocycles. The molecule has 0 aromatic rings. The van der Waals surface area contributed by atoms with E-state index >= 15 is 0 Å². The molecule has 0 saturated carbocycles. The second-order valence-corrected chi connectivity index (χ2v) is 6.16. The van der Waals surface area contributed by atoms with Gasteiger partial charge in [0.2, 0.25) is 0 Å². The molecule has 0 spiro atoms. The lowest BCUT2D eigenvalue weighted by Gasteiger charge is -2.19. The number of rotatable bonds is 7. The number of thioether (sulfide) groups is 1. The molecule has 0 bridgehead atoms. The maximum atomic E-state index is 11.3. The van der Waals surface area contributed by atoms with Crippen molar-refractivity contribution in [3.05, 3.63) is 0 Å². The van der Waals surface area contributed by atoms with Crippen LogP contribution in [0.5, 0.6) is 0 Å².